The van der Waals surface area contributed by atoms with E-state index in [1.807, 2.05) is 26.0 Å². The van der Waals surface area contributed by atoms with Gasteiger partial charge in [-0.05, 0) is 37.1 Å². The van der Waals surface area contributed by atoms with Crippen LogP contribution in [-0.2, 0) is 4.79 Å². The van der Waals surface area contributed by atoms with E-state index in [9.17, 15) is 9.59 Å². The number of benzene rings is 1. The first kappa shape index (κ1) is 18.2. The number of carbonyl (C=O) groups is 2. The Balaban J connectivity index is 2.80. The molecule has 1 aromatic rings. The van der Waals surface area contributed by atoms with Gasteiger partial charge in [-0.1, -0.05) is 13.8 Å². The molecule has 0 spiro atoms. The number of anilines is 1. The zero-order chi connectivity index (χ0) is 17.2. The van der Waals surface area contributed by atoms with Crippen LogP contribution in [0.25, 0.3) is 0 Å². The number of carbonyl (C=O) groups excluding carboxylic acids is 2. The van der Waals surface area contributed by atoms with Gasteiger partial charge in [0.15, 0.2) is 0 Å². The van der Waals surface area contributed by atoms with Crippen molar-refractivity contribution in [1.29, 1.82) is 10.5 Å². The van der Waals surface area contributed by atoms with Crippen molar-refractivity contribution in [2.45, 2.75) is 26.7 Å². The third-order valence-electron chi connectivity index (χ3n) is 3.57. The van der Waals surface area contributed by atoms with Crippen molar-refractivity contribution >= 4 is 17.5 Å². The highest BCUT2D eigenvalue weighted by molar-refractivity contribution is 5.96. The summed E-state index contributed by atoms with van der Waals surface area (Å²) in [4.78, 5) is 25.4. The third-order valence-corrected chi connectivity index (χ3v) is 3.57. The van der Waals surface area contributed by atoms with Crippen LogP contribution in [0.15, 0.2) is 24.3 Å². The van der Waals surface area contributed by atoms with Gasteiger partial charge in [-0.25, -0.2) is 0 Å². The van der Waals surface area contributed by atoms with Crippen molar-refractivity contribution in [2.75, 3.05) is 18.4 Å². The summed E-state index contributed by atoms with van der Waals surface area (Å²) in [7, 11) is 0. The van der Waals surface area contributed by atoms with Crippen LogP contribution in [0.4, 0.5) is 5.69 Å². The molecule has 0 fully saturated rings. The van der Waals surface area contributed by atoms with Gasteiger partial charge in [0, 0.05) is 17.2 Å². The predicted molar refractivity (Wildman–Crippen MR) is 86.3 cm³/mol. The highest BCUT2D eigenvalue weighted by Gasteiger charge is 2.16. The summed E-state index contributed by atoms with van der Waals surface area (Å²) in [6.07, 6.45) is 1.55. The molecule has 120 valence electrons. The van der Waals surface area contributed by atoms with Crippen molar-refractivity contribution in [1.82, 2.24) is 4.90 Å². The molecular formula is C17H20N4O2. The van der Waals surface area contributed by atoms with E-state index in [4.69, 9.17) is 10.5 Å². The molecule has 0 atom stereocenters. The maximum Gasteiger partial charge on any atom is 0.255 e. The lowest BCUT2D eigenvalue weighted by molar-refractivity contribution is -0.120. The minimum Gasteiger partial charge on any atom is -0.326 e. The van der Waals surface area contributed by atoms with Crippen LogP contribution in [0.1, 0.15) is 37.0 Å². The average molecular weight is 312 g/mol. The second kappa shape index (κ2) is 9.22. The van der Waals surface area contributed by atoms with E-state index in [0.717, 1.165) is 17.7 Å². The highest BCUT2D eigenvalue weighted by atomic mass is 16.2. The van der Waals surface area contributed by atoms with E-state index >= 15 is 0 Å². The molecule has 0 saturated heterocycles. The number of hydrogen-bond donors (Lipinski definition) is 1. The fourth-order valence-corrected chi connectivity index (χ4v) is 2.15. The van der Waals surface area contributed by atoms with Gasteiger partial charge in [0.1, 0.15) is 13.1 Å². The topological polar surface area (TPSA) is 97.0 Å². The second-order valence-corrected chi connectivity index (χ2v) is 5.06. The Bertz CT molecular complexity index is 605. The Morgan fingerprint density at radius 2 is 1.61 bits per heavy atom. The molecular weight excluding hydrogens is 292 g/mol. The molecule has 23 heavy (non-hydrogen) atoms. The molecule has 1 rings (SSSR count). The van der Waals surface area contributed by atoms with E-state index < -0.39 is 0 Å². The number of nitrogens with one attached hydrogen (secondary N) is 1. The number of rotatable bonds is 7. The molecule has 0 bridgehead atoms. The Labute approximate surface area is 136 Å². The molecule has 2 amide bonds. The molecule has 0 aliphatic carbocycles. The quantitative estimate of drug-likeness (QED) is 0.782. The first-order valence-corrected chi connectivity index (χ1v) is 7.51. The van der Waals surface area contributed by atoms with Crippen LogP contribution in [0.5, 0.6) is 0 Å². The maximum atomic E-state index is 12.2. The normalized spacial score (nSPS) is 9.78. The maximum absolute atomic E-state index is 12.2. The molecule has 0 unspecified atom stereocenters. The first-order valence-electron chi connectivity index (χ1n) is 7.51. The molecule has 1 N–H and O–H groups in total. The van der Waals surface area contributed by atoms with Crippen molar-refractivity contribution < 1.29 is 9.59 Å². The van der Waals surface area contributed by atoms with Gasteiger partial charge in [0.05, 0.1) is 12.1 Å². The summed E-state index contributed by atoms with van der Waals surface area (Å²) in [5, 5.41) is 20.2. The SMILES string of the molecule is CCC(CC)C(=O)Nc1ccc(C(=O)N(CC#N)CC#N)cc1. The minimum absolute atomic E-state index is 0.0296. The Hall–Kier alpha value is -2.86. The molecule has 0 aliphatic rings. The Kier molecular flexibility index (Phi) is 7.29. The Morgan fingerprint density at radius 1 is 1.09 bits per heavy atom. The third kappa shape index (κ3) is 5.12. The summed E-state index contributed by atoms with van der Waals surface area (Å²) < 4.78 is 0. The van der Waals surface area contributed by atoms with Gasteiger partial charge in [-0.3, -0.25) is 9.59 Å². The van der Waals surface area contributed by atoms with Crippen LogP contribution >= 0.6 is 0 Å². The average Bonchev–Trinajstić information content (AvgIpc) is 2.56. The van der Waals surface area contributed by atoms with Crippen molar-refractivity contribution in [3.63, 3.8) is 0 Å². The van der Waals surface area contributed by atoms with E-state index in [1.165, 1.54) is 0 Å². The molecule has 0 radical (unpaired) electrons. The van der Waals surface area contributed by atoms with Gasteiger partial charge < -0.3 is 10.2 Å². The molecule has 0 aliphatic heterocycles. The van der Waals surface area contributed by atoms with Gasteiger partial charge >= 0.3 is 0 Å². The van der Waals surface area contributed by atoms with Gasteiger partial charge in [-0.2, -0.15) is 10.5 Å². The predicted octanol–water partition coefficient (Wildman–Crippen LogP) is 2.55. The minimum atomic E-state index is -0.383. The van der Waals surface area contributed by atoms with Crippen LogP contribution in [0.3, 0.4) is 0 Å². The lowest BCUT2D eigenvalue weighted by atomic mass is 10.0. The largest absolute Gasteiger partial charge is 0.326 e. The van der Waals surface area contributed by atoms with Gasteiger partial charge in [0.2, 0.25) is 5.91 Å². The van der Waals surface area contributed by atoms with Gasteiger partial charge in [0.25, 0.3) is 5.91 Å². The monoisotopic (exact) mass is 312 g/mol. The van der Waals surface area contributed by atoms with Crippen LogP contribution in [-0.4, -0.2) is 29.8 Å². The number of amides is 2. The molecule has 0 heterocycles. The fraction of sp³-hybridized carbons (Fsp3) is 0.412. The first-order chi connectivity index (χ1) is 11.1. The zero-order valence-corrected chi connectivity index (χ0v) is 13.4. The number of nitrogens with zero attached hydrogens (tertiary/aromatic N) is 3. The van der Waals surface area contributed by atoms with E-state index in [2.05, 4.69) is 5.32 Å². The fourth-order valence-electron chi connectivity index (χ4n) is 2.15. The van der Waals surface area contributed by atoms with Crippen LogP contribution < -0.4 is 5.32 Å². The molecule has 1 aromatic carbocycles. The summed E-state index contributed by atoms with van der Waals surface area (Å²) in [6, 6.07) is 10.2. The van der Waals surface area contributed by atoms with E-state index in [-0.39, 0.29) is 30.8 Å². The second-order valence-electron chi connectivity index (χ2n) is 5.06. The summed E-state index contributed by atoms with van der Waals surface area (Å²) in [5.41, 5.74) is 0.988. The van der Waals surface area contributed by atoms with Crippen molar-refractivity contribution in [3.8, 4) is 12.1 Å². The lowest BCUT2D eigenvalue weighted by Gasteiger charge is -2.16. The molecule has 6 nitrogen and oxygen atoms in total. The summed E-state index contributed by atoms with van der Waals surface area (Å²) >= 11 is 0. The molecule has 0 saturated carbocycles. The smallest absolute Gasteiger partial charge is 0.255 e. The summed E-state index contributed by atoms with van der Waals surface area (Å²) in [6.45, 7) is 3.65. The highest BCUT2D eigenvalue weighted by Crippen LogP contribution is 2.15. The number of hydrogen-bond acceptors (Lipinski definition) is 4. The van der Waals surface area contributed by atoms with Crippen molar-refractivity contribution in [3.05, 3.63) is 29.8 Å². The van der Waals surface area contributed by atoms with Crippen LogP contribution in [0.2, 0.25) is 0 Å². The number of nitriles is 2. The van der Waals surface area contributed by atoms with Gasteiger partial charge in [-0.15, -0.1) is 0 Å². The van der Waals surface area contributed by atoms with Crippen molar-refractivity contribution in [2.24, 2.45) is 5.92 Å². The zero-order valence-electron chi connectivity index (χ0n) is 13.4. The Morgan fingerprint density at radius 3 is 2.04 bits per heavy atom. The van der Waals surface area contributed by atoms with E-state index in [1.54, 1.807) is 24.3 Å². The molecule has 6 heteroatoms. The van der Waals surface area contributed by atoms with E-state index in [0.29, 0.717) is 11.3 Å². The lowest BCUT2D eigenvalue weighted by Crippen LogP contribution is -2.31. The van der Waals surface area contributed by atoms with Crippen LogP contribution in [0, 0.1) is 28.6 Å². The summed E-state index contributed by atoms with van der Waals surface area (Å²) in [5.74, 6) is -0.450. The molecule has 0 aromatic heterocycles. The standard InChI is InChI=1S/C17H20N4O2/c1-3-13(4-2)16(22)20-15-7-5-14(6-8-15)17(23)21(11-9-18)12-10-19/h5-8,13H,3-4,11-12H2,1-2H3,(H,20,22).